The summed E-state index contributed by atoms with van der Waals surface area (Å²) < 4.78 is 7.88. The van der Waals surface area contributed by atoms with Crippen molar-refractivity contribution in [1.82, 2.24) is 4.72 Å². The Morgan fingerprint density at radius 2 is 2.00 bits per heavy atom. The van der Waals surface area contributed by atoms with E-state index in [1.54, 1.807) is 11.9 Å². The fourth-order valence-electron chi connectivity index (χ4n) is 0.768. The molecule has 0 aromatic rings. The van der Waals surface area contributed by atoms with E-state index in [-0.39, 0.29) is 0 Å². The third-order valence-electron chi connectivity index (χ3n) is 1.32. The number of hydrogen-bond donors (Lipinski definition) is 1. The van der Waals surface area contributed by atoms with E-state index in [0.717, 1.165) is 13.2 Å². The number of nitrogens with one attached hydrogen (secondary N) is 1. The quantitative estimate of drug-likeness (QED) is 0.564. The predicted molar refractivity (Wildman–Crippen MR) is 49.1 cm³/mol. The van der Waals surface area contributed by atoms with Gasteiger partial charge in [0.2, 0.25) is 0 Å². The van der Waals surface area contributed by atoms with E-state index in [0.29, 0.717) is 0 Å². The Balaban J connectivity index is 0.000000112. The van der Waals surface area contributed by atoms with Crippen LogP contribution in [0.25, 0.3) is 0 Å². The molecule has 0 bridgehead atoms. The van der Waals surface area contributed by atoms with Gasteiger partial charge >= 0.3 is 0 Å². The van der Waals surface area contributed by atoms with Crippen molar-refractivity contribution >= 4 is 11.9 Å². The van der Waals surface area contributed by atoms with Crippen molar-refractivity contribution < 1.29 is 4.74 Å². The molecule has 0 aliphatic carbocycles. The lowest BCUT2D eigenvalue weighted by atomic mass is 10.4. The molecule has 0 aromatic carbocycles. The van der Waals surface area contributed by atoms with Crippen molar-refractivity contribution in [1.29, 1.82) is 0 Å². The van der Waals surface area contributed by atoms with Crippen molar-refractivity contribution in [2.75, 3.05) is 13.2 Å². The zero-order valence-corrected chi connectivity index (χ0v) is 7.27. The first-order valence-electron chi connectivity index (χ1n) is 3.81. The highest BCUT2D eigenvalue weighted by molar-refractivity contribution is 8.00. The number of ether oxygens (including phenoxy) is 1. The normalized spacial score (nSPS) is 20.4. The number of hydrogen-bond acceptors (Lipinski definition) is 3. The first kappa shape index (κ1) is 8.68. The van der Waals surface area contributed by atoms with Gasteiger partial charge in [-0.2, -0.15) is 0 Å². The molecule has 0 amide bonds. The zero-order chi connectivity index (χ0) is 7.78. The number of rotatable bonds is 0. The van der Waals surface area contributed by atoms with Crippen molar-refractivity contribution in [3.05, 3.63) is 23.8 Å². The van der Waals surface area contributed by atoms with Gasteiger partial charge in [0, 0.05) is 19.4 Å². The summed E-state index contributed by atoms with van der Waals surface area (Å²) in [5, 5.41) is 1.99. The molecule has 0 spiro atoms. The summed E-state index contributed by atoms with van der Waals surface area (Å²) in [4.78, 5) is 0. The first-order valence-corrected chi connectivity index (χ1v) is 4.69. The van der Waals surface area contributed by atoms with Crippen LogP contribution in [-0.2, 0) is 4.74 Å². The molecule has 62 valence electrons. The lowest BCUT2D eigenvalue weighted by Gasteiger charge is -1.93. The Bertz CT molecular complexity index is 121. The van der Waals surface area contributed by atoms with Gasteiger partial charge in [-0.1, -0.05) is 6.08 Å². The SMILES string of the molecule is C1=CNSC=C1.C1CCOC1. The van der Waals surface area contributed by atoms with Gasteiger partial charge in [-0.05, 0) is 36.3 Å². The monoisotopic (exact) mass is 171 g/mol. The summed E-state index contributed by atoms with van der Waals surface area (Å²) in [5.74, 6) is 0. The standard InChI is InChI=1S/C4H5NS.C4H8O/c1-2-4-6-5-3-1;1-2-4-5-3-1/h1-5H;1-4H2. The molecule has 3 heteroatoms. The minimum atomic E-state index is 1.00. The summed E-state index contributed by atoms with van der Waals surface area (Å²) in [6.45, 7) is 2.00. The molecule has 11 heavy (non-hydrogen) atoms. The maximum Gasteiger partial charge on any atom is 0.0466 e. The molecule has 2 nitrogen and oxygen atoms in total. The minimum Gasteiger partial charge on any atom is -0.381 e. The fourth-order valence-corrected chi connectivity index (χ4v) is 1.17. The molecular weight excluding hydrogens is 158 g/mol. The molecule has 2 heterocycles. The lowest BCUT2D eigenvalue weighted by molar-refractivity contribution is 0.198. The Morgan fingerprint density at radius 1 is 1.18 bits per heavy atom. The molecule has 1 fully saturated rings. The third kappa shape index (κ3) is 4.93. The van der Waals surface area contributed by atoms with Crippen LogP contribution < -0.4 is 4.72 Å². The van der Waals surface area contributed by atoms with Crippen molar-refractivity contribution in [2.45, 2.75) is 12.8 Å². The Hall–Kier alpha value is -0.410. The van der Waals surface area contributed by atoms with Crippen LogP contribution in [0.15, 0.2) is 23.8 Å². The summed E-state index contributed by atoms with van der Waals surface area (Å²) in [6, 6.07) is 0. The van der Waals surface area contributed by atoms with Crippen molar-refractivity contribution in [3.63, 3.8) is 0 Å². The Labute approximate surface area is 71.8 Å². The van der Waals surface area contributed by atoms with Crippen LogP contribution in [-0.4, -0.2) is 13.2 Å². The maximum atomic E-state index is 4.94. The highest BCUT2D eigenvalue weighted by Gasteiger charge is 1.94. The number of allylic oxidation sites excluding steroid dienone is 2. The fraction of sp³-hybridized carbons (Fsp3) is 0.500. The first-order chi connectivity index (χ1) is 5.50. The Kier molecular flexibility index (Phi) is 4.98. The second kappa shape index (κ2) is 6.31. The summed E-state index contributed by atoms with van der Waals surface area (Å²) in [5.41, 5.74) is 0. The molecule has 1 N–H and O–H groups in total. The molecule has 2 aliphatic heterocycles. The van der Waals surface area contributed by atoms with Crippen molar-refractivity contribution in [3.8, 4) is 0 Å². The largest absolute Gasteiger partial charge is 0.381 e. The van der Waals surface area contributed by atoms with E-state index in [1.165, 1.54) is 12.8 Å². The molecule has 2 rings (SSSR count). The van der Waals surface area contributed by atoms with Gasteiger partial charge in [-0.3, -0.25) is 0 Å². The van der Waals surface area contributed by atoms with Crippen LogP contribution >= 0.6 is 11.9 Å². The molecule has 0 aromatic heterocycles. The highest BCUT2D eigenvalue weighted by atomic mass is 32.2. The van der Waals surface area contributed by atoms with Crippen LogP contribution in [0, 0.1) is 0 Å². The van der Waals surface area contributed by atoms with Crippen molar-refractivity contribution in [2.24, 2.45) is 0 Å². The van der Waals surface area contributed by atoms with Gasteiger partial charge in [0.25, 0.3) is 0 Å². The maximum absolute atomic E-state index is 4.94. The third-order valence-corrected chi connectivity index (χ3v) is 1.88. The van der Waals surface area contributed by atoms with Crippen LogP contribution in [0.1, 0.15) is 12.8 Å². The van der Waals surface area contributed by atoms with Gasteiger partial charge in [0.05, 0.1) is 0 Å². The molecule has 2 aliphatic rings. The van der Waals surface area contributed by atoms with E-state index >= 15 is 0 Å². The van der Waals surface area contributed by atoms with Crippen LogP contribution in [0.5, 0.6) is 0 Å². The molecular formula is C8H13NOS. The van der Waals surface area contributed by atoms with E-state index in [1.807, 2.05) is 23.8 Å². The second-order valence-corrected chi connectivity index (χ2v) is 2.99. The smallest absolute Gasteiger partial charge is 0.0466 e. The average molecular weight is 171 g/mol. The summed E-state index contributed by atoms with van der Waals surface area (Å²) >= 11 is 1.58. The topological polar surface area (TPSA) is 21.3 Å². The van der Waals surface area contributed by atoms with Gasteiger partial charge in [0.1, 0.15) is 0 Å². The Morgan fingerprint density at radius 3 is 2.18 bits per heavy atom. The van der Waals surface area contributed by atoms with E-state index < -0.39 is 0 Å². The lowest BCUT2D eigenvalue weighted by Crippen LogP contribution is -1.88. The minimum absolute atomic E-state index is 1.00. The summed E-state index contributed by atoms with van der Waals surface area (Å²) in [7, 11) is 0. The molecule has 0 atom stereocenters. The predicted octanol–water partition coefficient (Wildman–Crippen LogP) is 2.06. The van der Waals surface area contributed by atoms with Gasteiger partial charge in [-0.15, -0.1) is 0 Å². The zero-order valence-electron chi connectivity index (χ0n) is 6.45. The molecule has 0 unspecified atom stereocenters. The van der Waals surface area contributed by atoms with E-state index in [4.69, 9.17) is 4.74 Å². The van der Waals surface area contributed by atoms with Gasteiger partial charge in [-0.25, -0.2) is 0 Å². The van der Waals surface area contributed by atoms with E-state index in [9.17, 15) is 0 Å². The highest BCUT2D eigenvalue weighted by Crippen LogP contribution is 1.99. The second-order valence-electron chi connectivity index (χ2n) is 2.24. The summed E-state index contributed by atoms with van der Waals surface area (Å²) in [6.07, 6.45) is 8.39. The van der Waals surface area contributed by atoms with Gasteiger partial charge < -0.3 is 9.46 Å². The van der Waals surface area contributed by atoms with E-state index in [2.05, 4.69) is 4.72 Å². The van der Waals surface area contributed by atoms with Crippen LogP contribution in [0.2, 0.25) is 0 Å². The molecule has 1 saturated heterocycles. The van der Waals surface area contributed by atoms with Crippen LogP contribution in [0.3, 0.4) is 0 Å². The average Bonchev–Trinajstić information content (AvgIpc) is 2.64. The van der Waals surface area contributed by atoms with Crippen LogP contribution in [0.4, 0.5) is 0 Å². The molecule has 0 saturated carbocycles. The van der Waals surface area contributed by atoms with Gasteiger partial charge in [0.15, 0.2) is 0 Å². The molecule has 0 radical (unpaired) electrons.